The number of carbonyl (C=O) groups is 2. The van der Waals surface area contributed by atoms with Gasteiger partial charge < -0.3 is 9.84 Å². The van der Waals surface area contributed by atoms with Crippen molar-refractivity contribution in [1.29, 1.82) is 0 Å². The van der Waals surface area contributed by atoms with Crippen molar-refractivity contribution in [2.24, 2.45) is 0 Å². The van der Waals surface area contributed by atoms with Gasteiger partial charge in [-0.1, -0.05) is 28.1 Å². The molecule has 0 unspecified atom stereocenters. The molecule has 0 heterocycles. The van der Waals surface area contributed by atoms with Gasteiger partial charge in [-0.2, -0.15) is 0 Å². The van der Waals surface area contributed by atoms with E-state index in [9.17, 15) is 14.0 Å². The molecule has 2 aromatic carbocycles. The molecule has 0 atom stereocenters. The van der Waals surface area contributed by atoms with Crippen LogP contribution in [0.25, 0.3) is 6.08 Å². The van der Waals surface area contributed by atoms with Gasteiger partial charge in [0.15, 0.2) is 0 Å². The van der Waals surface area contributed by atoms with Crippen molar-refractivity contribution in [3.05, 3.63) is 70.0 Å². The Morgan fingerprint density at radius 3 is 2.45 bits per heavy atom. The van der Waals surface area contributed by atoms with Crippen LogP contribution in [-0.2, 0) is 4.79 Å². The highest BCUT2D eigenvalue weighted by Crippen LogP contribution is 2.23. The average molecular weight is 365 g/mol. The van der Waals surface area contributed by atoms with Crippen LogP contribution in [0.4, 0.5) is 4.39 Å². The van der Waals surface area contributed by atoms with Gasteiger partial charge in [0, 0.05) is 10.5 Å². The SMILES string of the molecule is O=C(/C=C/c1ccc(F)cc1)Oc1ccc(Br)cc1C(=O)O. The van der Waals surface area contributed by atoms with Crippen LogP contribution in [0.1, 0.15) is 15.9 Å². The Morgan fingerprint density at radius 2 is 1.82 bits per heavy atom. The molecule has 0 bridgehead atoms. The van der Waals surface area contributed by atoms with E-state index in [1.807, 2.05) is 0 Å². The minimum absolute atomic E-state index is 0.0514. The first-order chi connectivity index (χ1) is 10.5. The van der Waals surface area contributed by atoms with E-state index in [0.717, 1.165) is 6.08 Å². The Bertz CT molecular complexity index is 738. The van der Waals surface area contributed by atoms with Crippen molar-refractivity contribution in [2.75, 3.05) is 0 Å². The van der Waals surface area contributed by atoms with Gasteiger partial charge in [0.2, 0.25) is 0 Å². The summed E-state index contributed by atoms with van der Waals surface area (Å²) in [7, 11) is 0. The molecule has 0 aliphatic heterocycles. The lowest BCUT2D eigenvalue weighted by atomic mass is 10.2. The normalized spacial score (nSPS) is 10.6. The van der Waals surface area contributed by atoms with E-state index >= 15 is 0 Å². The van der Waals surface area contributed by atoms with Crippen molar-refractivity contribution in [3.8, 4) is 5.75 Å². The Balaban J connectivity index is 2.12. The summed E-state index contributed by atoms with van der Waals surface area (Å²) in [6.07, 6.45) is 2.59. The molecular formula is C16H10BrFO4. The molecule has 22 heavy (non-hydrogen) atoms. The van der Waals surface area contributed by atoms with Gasteiger partial charge in [-0.3, -0.25) is 0 Å². The van der Waals surface area contributed by atoms with E-state index in [0.29, 0.717) is 10.0 Å². The number of carbonyl (C=O) groups excluding carboxylic acids is 1. The molecule has 0 saturated carbocycles. The zero-order valence-corrected chi connectivity index (χ0v) is 12.7. The molecule has 0 saturated heterocycles. The standard InChI is InChI=1S/C16H10BrFO4/c17-11-4-7-14(13(9-11)16(20)21)22-15(19)8-3-10-1-5-12(18)6-2-10/h1-9H,(H,20,21)/b8-3+. The quantitative estimate of drug-likeness (QED) is 0.507. The molecule has 0 aliphatic rings. The first-order valence-corrected chi connectivity index (χ1v) is 6.93. The van der Waals surface area contributed by atoms with Crippen LogP contribution in [-0.4, -0.2) is 17.0 Å². The summed E-state index contributed by atoms with van der Waals surface area (Å²) in [5.41, 5.74) is 0.491. The lowest BCUT2D eigenvalue weighted by Crippen LogP contribution is -2.08. The van der Waals surface area contributed by atoms with Gasteiger partial charge in [0.1, 0.15) is 17.1 Å². The summed E-state index contributed by atoms with van der Waals surface area (Å²) in [5, 5.41) is 9.07. The summed E-state index contributed by atoms with van der Waals surface area (Å²) >= 11 is 3.15. The Morgan fingerprint density at radius 1 is 1.14 bits per heavy atom. The van der Waals surface area contributed by atoms with Gasteiger partial charge in [0.25, 0.3) is 0 Å². The van der Waals surface area contributed by atoms with E-state index in [-0.39, 0.29) is 17.1 Å². The highest BCUT2D eigenvalue weighted by atomic mass is 79.9. The molecule has 2 rings (SSSR count). The number of hydrogen-bond donors (Lipinski definition) is 1. The third-order valence-corrected chi connectivity index (χ3v) is 3.16. The molecule has 112 valence electrons. The predicted octanol–water partition coefficient (Wildman–Crippen LogP) is 3.91. The lowest BCUT2D eigenvalue weighted by Gasteiger charge is -2.05. The largest absolute Gasteiger partial charge is 0.478 e. The minimum Gasteiger partial charge on any atom is -0.478 e. The molecule has 1 N–H and O–H groups in total. The highest BCUT2D eigenvalue weighted by molar-refractivity contribution is 9.10. The van der Waals surface area contributed by atoms with Gasteiger partial charge in [-0.25, -0.2) is 14.0 Å². The molecule has 0 aliphatic carbocycles. The summed E-state index contributed by atoms with van der Waals surface area (Å²) in [6.45, 7) is 0. The number of carboxylic acids is 1. The van der Waals surface area contributed by atoms with E-state index in [4.69, 9.17) is 9.84 Å². The van der Waals surface area contributed by atoms with Gasteiger partial charge in [0.05, 0.1) is 0 Å². The first kappa shape index (κ1) is 15.9. The Kier molecular flexibility index (Phi) is 5.06. The second-order valence-corrected chi connectivity index (χ2v) is 5.17. The summed E-state index contributed by atoms with van der Waals surface area (Å²) < 4.78 is 18.3. The fraction of sp³-hybridized carbons (Fsp3) is 0. The third kappa shape index (κ3) is 4.26. The van der Waals surface area contributed by atoms with Crippen molar-refractivity contribution >= 4 is 33.9 Å². The molecule has 4 nitrogen and oxygen atoms in total. The van der Waals surface area contributed by atoms with Crippen molar-refractivity contribution in [2.45, 2.75) is 0 Å². The fourth-order valence-electron chi connectivity index (χ4n) is 1.64. The molecule has 0 radical (unpaired) electrons. The zero-order chi connectivity index (χ0) is 16.1. The number of benzene rings is 2. The minimum atomic E-state index is -1.20. The lowest BCUT2D eigenvalue weighted by molar-refractivity contribution is -0.128. The Hall–Kier alpha value is -2.47. The first-order valence-electron chi connectivity index (χ1n) is 6.14. The van der Waals surface area contributed by atoms with Crippen LogP contribution in [0, 0.1) is 5.82 Å². The van der Waals surface area contributed by atoms with Crippen LogP contribution in [0.5, 0.6) is 5.75 Å². The van der Waals surface area contributed by atoms with Crippen LogP contribution in [0.15, 0.2) is 53.0 Å². The number of rotatable bonds is 4. The topological polar surface area (TPSA) is 63.6 Å². The highest BCUT2D eigenvalue weighted by Gasteiger charge is 2.13. The summed E-state index contributed by atoms with van der Waals surface area (Å²) in [6, 6.07) is 9.83. The summed E-state index contributed by atoms with van der Waals surface area (Å²) in [4.78, 5) is 22.8. The van der Waals surface area contributed by atoms with Crippen LogP contribution in [0.3, 0.4) is 0 Å². The van der Waals surface area contributed by atoms with E-state index < -0.39 is 11.9 Å². The van der Waals surface area contributed by atoms with E-state index in [1.165, 1.54) is 42.5 Å². The monoisotopic (exact) mass is 364 g/mol. The number of ether oxygens (including phenoxy) is 1. The van der Waals surface area contributed by atoms with Gasteiger partial charge >= 0.3 is 11.9 Å². The van der Waals surface area contributed by atoms with Gasteiger partial charge in [-0.15, -0.1) is 0 Å². The van der Waals surface area contributed by atoms with Gasteiger partial charge in [-0.05, 0) is 42.0 Å². The van der Waals surface area contributed by atoms with E-state index in [2.05, 4.69) is 15.9 Å². The van der Waals surface area contributed by atoms with E-state index in [1.54, 1.807) is 6.07 Å². The number of halogens is 2. The maximum absolute atomic E-state index is 12.8. The van der Waals surface area contributed by atoms with Crippen molar-refractivity contribution in [3.63, 3.8) is 0 Å². The number of carboxylic acid groups (broad SMARTS) is 1. The number of aromatic carboxylic acids is 1. The third-order valence-electron chi connectivity index (χ3n) is 2.66. The zero-order valence-electron chi connectivity index (χ0n) is 11.1. The predicted molar refractivity (Wildman–Crippen MR) is 82.2 cm³/mol. The summed E-state index contributed by atoms with van der Waals surface area (Å²) in [5.74, 6) is -2.36. The molecule has 0 spiro atoms. The smallest absolute Gasteiger partial charge is 0.339 e. The number of hydrogen-bond acceptors (Lipinski definition) is 3. The molecule has 0 amide bonds. The second kappa shape index (κ2) is 7.00. The van der Waals surface area contributed by atoms with Crippen LogP contribution in [0.2, 0.25) is 0 Å². The van der Waals surface area contributed by atoms with Crippen LogP contribution < -0.4 is 4.74 Å². The van der Waals surface area contributed by atoms with Crippen LogP contribution >= 0.6 is 15.9 Å². The molecule has 0 aromatic heterocycles. The van der Waals surface area contributed by atoms with Crippen molar-refractivity contribution < 1.29 is 23.8 Å². The average Bonchev–Trinajstić information content (AvgIpc) is 2.48. The maximum Gasteiger partial charge on any atom is 0.339 e. The second-order valence-electron chi connectivity index (χ2n) is 4.25. The number of esters is 1. The molecule has 6 heteroatoms. The van der Waals surface area contributed by atoms with Crippen molar-refractivity contribution in [1.82, 2.24) is 0 Å². The molecule has 2 aromatic rings. The Labute approximate surface area is 134 Å². The fourth-order valence-corrected chi connectivity index (χ4v) is 2.00. The molecular weight excluding hydrogens is 355 g/mol. The maximum atomic E-state index is 12.8. The molecule has 0 fully saturated rings.